The number of aromatic nitrogens is 1. The summed E-state index contributed by atoms with van der Waals surface area (Å²) in [7, 11) is 0. The highest BCUT2D eigenvalue weighted by molar-refractivity contribution is 6.49. The van der Waals surface area contributed by atoms with Gasteiger partial charge in [-0.2, -0.15) is 0 Å². The van der Waals surface area contributed by atoms with E-state index in [0.29, 0.717) is 22.7 Å². The van der Waals surface area contributed by atoms with Crippen molar-refractivity contribution in [3.63, 3.8) is 0 Å². The number of pyridine rings is 1. The molecule has 0 radical (unpaired) electrons. The highest BCUT2D eigenvalue weighted by Gasteiger charge is 2.40. The van der Waals surface area contributed by atoms with E-state index in [1.807, 2.05) is 36.9 Å². The molecule has 162 valence electrons. The van der Waals surface area contributed by atoms with Crippen LogP contribution in [0.5, 0.6) is 0 Å². The second-order valence-electron chi connectivity index (χ2n) is 8.72. The fraction of sp³-hybridized carbons (Fsp3) is 0.417. The summed E-state index contributed by atoms with van der Waals surface area (Å²) in [6.07, 6.45) is 3.65. The van der Waals surface area contributed by atoms with Crippen LogP contribution in [0.2, 0.25) is 0 Å². The van der Waals surface area contributed by atoms with Crippen LogP contribution >= 0.6 is 0 Å². The Kier molecular flexibility index (Phi) is 5.62. The minimum Gasteiger partial charge on any atom is -0.381 e. The first-order chi connectivity index (χ1) is 14.8. The number of anilines is 1. The van der Waals surface area contributed by atoms with E-state index in [0.717, 1.165) is 37.1 Å². The van der Waals surface area contributed by atoms with E-state index in [-0.39, 0.29) is 17.7 Å². The van der Waals surface area contributed by atoms with Gasteiger partial charge in [-0.05, 0) is 76.4 Å². The second kappa shape index (κ2) is 8.23. The van der Waals surface area contributed by atoms with E-state index < -0.39 is 5.60 Å². The van der Waals surface area contributed by atoms with Crippen molar-refractivity contribution in [2.24, 2.45) is 5.16 Å². The lowest BCUT2D eigenvalue weighted by atomic mass is 9.93. The SMILES string of the molecule is Cc1cc(C2=NOC(C)(C)C2=O)ccc1C(=O)N(c1ncccc1C)C1CCCNC1. The van der Waals surface area contributed by atoms with Gasteiger partial charge in [0.1, 0.15) is 5.82 Å². The zero-order valence-electron chi connectivity index (χ0n) is 18.4. The predicted molar refractivity (Wildman–Crippen MR) is 120 cm³/mol. The van der Waals surface area contributed by atoms with Gasteiger partial charge in [-0.25, -0.2) is 4.98 Å². The third-order valence-electron chi connectivity index (χ3n) is 5.92. The summed E-state index contributed by atoms with van der Waals surface area (Å²) in [4.78, 5) is 37.9. The number of aryl methyl sites for hydroxylation is 2. The van der Waals surface area contributed by atoms with Crippen LogP contribution in [0.1, 0.15) is 53.7 Å². The summed E-state index contributed by atoms with van der Waals surface area (Å²) in [5, 5.41) is 7.37. The monoisotopic (exact) mass is 420 g/mol. The normalized spacial score (nSPS) is 20.2. The van der Waals surface area contributed by atoms with Gasteiger partial charge >= 0.3 is 0 Å². The number of hydrogen-bond donors (Lipinski definition) is 1. The van der Waals surface area contributed by atoms with Crippen molar-refractivity contribution >= 4 is 23.2 Å². The van der Waals surface area contributed by atoms with Crippen LogP contribution in [0.3, 0.4) is 0 Å². The Morgan fingerprint density at radius 2 is 2.03 bits per heavy atom. The van der Waals surface area contributed by atoms with Crippen LogP contribution in [-0.2, 0) is 9.63 Å². The molecule has 1 saturated heterocycles. The van der Waals surface area contributed by atoms with Crippen LogP contribution in [0.4, 0.5) is 5.82 Å². The molecule has 0 spiro atoms. The third kappa shape index (κ3) is 3.97. The van der Waals surface area contributed by atoms with Crippen LogP contribution in [0, 0.1) is 13.8 Å². The van der Waals surface area contributed by atoms with Gasteiger partial charge in [0.15, 0.2) is 11.3 Å². The second-order valence-corrected chi connectivity index (χ2v) is 8.72. The first kappa shape index (κ1) is 21.2. The van der Waals surface area contributed by atoms with Crippen molar-refractivity contribution in [3.05, 3.63) is 58.8 Å². The lowest BCUT2D eigenvalue weighted by Gasteiger charge is -2.35. The van der Waals surface area contributed by atoms with Crippen LogP contribution in [-0.4, -0.2) is 47.1 Å². The zero-order chi connectivity index (χ0) is 22.2. The molecule has 1 atom stereocenters. The molecule has 3 heterocycles. The average molecular weight is 421 g/mol. The fourth-order valence-corrected chi connectivity index (χ4v) is 4.11. The summed E-state index contributed by atoms with van der Waals surface area (Å²) in [5.74, 6) is 0.441. The van der Waals surface area contributed by atoms with Crippen molar-refractivity contribution in [1.29, 1.82) is 0 Å². The molecule has 2 aliphatic heterocycles. The molecule has 1 N–H and O–H groups in total. The van der Waals surface area contributed by atoms with E-state index in [1.54, 1.807) is 32.2 Å². The number of piperidine rings is 1. The van der Waals surface area contributed by atoms with Crippen LogP contribution in [0.15, 0.2) is 41.7 Å². The Hall–Kier alpha value is -3.06. The maximum Gasteiger partial charge on any atom is 0.260 e. The van der Waals surface area contributed by atoms with Gasteiger partial charge < -0.3 is 10.2 Å². The number of carbonyl (C=O) groups excluding carboxylic acids is 2. The molecule has 31 heavy (non-hydrogen) atoms. The number of carbonyl (C=O) groups is 2. The minimum atomic E-state index is -0.959. The van der Waals surface area contributed by atoms with Crippen LogP contribution < -0.4 is 10.2 Å². The fourth-order valence-electron chi connectivity index (χ4n) is 4.11. The number of benzene rings is 1. The Bertz CT molecular complexity index is 1050. The molecule has 4 rings (SSSR count). The Balaban J connectivity index is 1.69. The molecule has 2 aliphatic rings. The van der Waals surface area contributed by atoms with E-state index in [4.69, 9.17) is 4.84 Å². The van der Waals surface area contributed by atoms with Crippen molar-refractivity contribution < 1.29 is 14.4 Å². The average Bonchev–Trinajstić information content (AvgIpc) is 3.03. The molecule has 0 saturated carbocycles. The van der Waals surface area contributed by atoms with Gasteiger partial charge in [-0.15, -0.1) is 0 Å². The molecule has 0 bridgehead atoms. The highest BCUT2D eigenvalue weighted by Crippen LogP contribution is 2.27. The van der Waals surface area contributed by atoms with Crippen molar-refractivity contribution in [1.82, 2.24) is 10.3 Å². The predicted octanol–water partition coefficient (Wildman–Crippen LogP) is 3.18. The minimum absolute atomic E-state index is 0.0314. The van der Waals surface area contributed by atoms with Gasteiger partial charge in [0, 0.05) is 23.9 Å². The van der Waals surface area contributed by atoms with Crippen LogP contribution in [0.25, 0.3) is 0 Å². The maximum atomic E-state index is 13.8. The lowest BCUT2D eigenvalue weighted by molar-refractivity contribution is -0.128. The number of hydrogen-bond acceptors (Lipinski definition) is 6. The van der Waals surface area contributed by atoms with E-state index in [1.165, 1.54) is 0 Å². The number of ketones is 1. The quantitative estimate of drug-likeness (QED) is 0.821. The number of nitrogens with zero attached hydrogens (tertiary/aromatic N) is 3. The van der Waals surface area contributed by atoms with Crippen molar-refractivity contribution in [2.45, 2.75) is 52.2 Å². The molecule has 1 unspecified atom stereocenters. The number of amides is 1. The van der Waals surface area contributed by atoms with E-state index in [9.17, 15) is 9.59 Å². The summed E-state index contributed by atoms with van der Waals surface area (Å²) in [6, 6.07) is 9.25. The summed E-state index contributed by atoms with van der Waals surface area (Å²) in [5.41, 5.74) is 2.32. The Labute approximate surface area is 182 Å². The molecule has 1 aromatic carbocycles. The molecule has 1 fully saturated rings. The van der Waals surface area contributed by atoms with Gasteiger partial charge in [-0.3, -0.25) is 14.5 Å². The summed E-state index contributed by atoms with van der Waals surface area (Å²) < 4.78 is 0. The smallest absolute Gasteiger partial charge is 0.260 e. The van der Waals surface area contributed by atoms with Gasteiger partial charge in [0.2, 0.25) is 5.78 Å². The molecule has 7 heteroatoms. The van der Waals surface area contributed by atoms with E-state index in [2.05, 4.69) is 15.5 Å². The molecule has 7 nitrogen and oxygen atoms in total. The van der Waals surface area contributed by atoms with Crippen molar-refractivity contribution in [2.75, 3.05) is 18.0 Å². The van der Waals surface area contributed by atoms with E-state index >= 15 is 0 Å². The van der Waals surface area contributed by atoms with Gasteiger partial charge in [0.25, 0.3) is 5.91 Å². The summed E-state index contributed by atoms with van der Waals surface area (Å²) >= 11 is 0. The molecule has 1 amide bonds. The first-order valence-electron chi connectivity index (χ1n) is 10.7. The van der Waals surface area contributed by atoms with Crippen molar-refractivity contribution in [3.8, 4) is 0 Å². The molecule has 1 aromatic heterocycles. The third-order valence-corrected chi connectivity index (χ3v) is 5.92. The topological polar surface area (TPSA) is 83.9 Å². The van der Waals surface area contributed by atoms with Gasteiger partial charge in [-0.1, -0.05) is 17.3 Å². The molecule has 0 aliphatic carbocycles. The van der Waals surface area contributed by atoms with Gasteiger partial charge in [0.05, 0.1) is 6.04 Å². The number of nitrogens with one attached hydrogen (secondary N) is 1. The molecule has 2 aromatic rings. The Morgan fingerprint density at radius 1 is 1.23 bits per heavy atom. The maximum absolute atomic E-state index is 13.8. The molecular weight excluding hydrogens is 392 g/mol. The first-order valence-corrected chi connectivity index (χ1v) is 10.7. The largest absolute Gasteiger partial charge is 0.381 e. The number of Topliss-reactive ketones (excluding diaryl/α,β-unsaturated/α-hetero) is 1. The lowest BCUT2D eigenvalue weighted by Crippen LogP contribution is -2.49. The zero-order valence-corrected chi connectivity index (χ0v) is 18.4. The Morgan fingerprint density at radius 3 is 2.65 bits per heavy atom. The number of oxime groups is 1. The standard InChI is InChI=1S/C24H28N4O3/c1-15-7-5-12-26-22(15)28(18-8-6-11-25-14-18)23(30)19-10-9-17(13-16(19)2)20-21(29)24(3,4)31-27-20/h5,7,9-10,12-13,18,25H,6,8,11,14H2,1-4H3. The molecular formula is C24H28N4O3. The number of rotatable bonds is 4. The summed E-state index contributed by atoms with van der Waals surface area (Å²) in [6.45, 7) is 8.94. The highest BCUT2D eigenvalue weighted by atomic mass is 16.7.